The monoisotopic (exact) mass is 283 g/mol. The maximum atomic E-state index is 9.49. The van der Waals surface area contributed by atoms with Crippen molar-refractivity contribution >= 4 is 0 Å². The number of aliphatic hydroxyl groups is 1. The zero-order valence-corrected chi connectivity index (χ0v) is 12.1. The van der Waals surface area contributed by atoms with E-state index in [1.807, 2.05) is 30.3 Å². The van der Waals surface area contributed by atoms with Crippen molar-refractivity contribution in [3.8, 4) is 0 Å². The van der Waals surface area contributed by atoms with Crippen LogP contribution in [0.1, 0.15) is 12.0 Å². The quantitative estimate of drug-likeness (QED) is 0.590. The molecule has 20 heavy (non-hydrogen) atoms. The van der Waals surface area contributed by atoms with Gasteiger partial charge in [0.2, 0.25) is 0 Å². The van der Waals surface area contributed by atoms with Gasteiger partial charge in [0, 0.05) is 20.3 Å². The van der Waals surface area contributed by atoms with Crippen LogP contribution in [0.4, 0.5) is 0 Å². The Morgan fingerprint density at radius 1 is 1.05 bits per heavy atom. The van der Waals surface area contributed by atoms with Crippen molar-refractivity contribution in [1.29, 1.82) is 0 Å². The van der Waals surface area contributed by atoms with Gasteiger partial charge in [0.25, 0.3) is 0 Å². The van der Waals surface area contributed by atoms with Crippen LogP contribution in [0.15, 0.2) is 30.3 Å². The van der Waals surface area contributed by atoms with Crippen molar-refractivity contribution in [1.82, 2.24) is 0 Å². The van der Waals surface area contributed by atoms with Gasteiger partial charge >= 0.3 is 0 Å². The van der Waals surface area contributed by atoms with Crippen molar-refractivity contribution in [2.75, 3.05) is 46.8 Å². The molecule has 0 spiro atoms. The van der Waals surface area contributed by atoms with Crippen molar-refractivity contribution in [3.63, 3.8) is 0 Å². The van der Waals surface area contributed by atoms with E-state index in [2.05, 4.69) is 0 Å². The third-order valence-corrected chi connectivity index (χ3v) is 3.00. The highest BCUT2D eigenvalue weighted by molar-refractivity contribution is 5.24. The molecule has 1 aromatic carbocycles. The molecule has 0 saturated carbocycles. The number of rotatable bonds is 11. The maximum Gasteiger partial charge on any atom is 0.0881 e. The topological polar surface area (TPSA) is 73.9 Å². The Hall–Kier alpha value is -0.980. The molecule has 0 amide bonds. The second-order valence-corrected chi connectivity index (χ2v) is 4.69. The third kappa shape index (κ3) is 5.98. The van der Waals surface area contributed by atoms with Gasteiger partial charge in [0.1, 0.15) is 0 Å². The van der Waals surface area contributed by atoms with Crippen LogP contribution in [0.5, 0.6) is 0 Å². The average Bonchev–Trinajstić information content (AvgIpc) is 2.50. The first-order chi connectivity index (χ1) is 9.73. The van der Waals surface area contributed by atoms with Gasteiger partial charge in [-0.1, -0.05) is 30.3 Å². The summed E-state index contributed by atoms with van der Waals surface area (Å²) >= 11 is 0. The number of hydrogen-bond donors (Lipinski definition) is 2. The van der Waals surface area contributed by atoms with E-state index in [1.54, 1.807) is 7.11 Å². The number of benzene rings is 1. The summed E-state index contributed by atoms with van der Waals surface area (Å²) in [6.07, 6.45) is 0.792. The van der Waals surface area contributed by atoms with Crippen molar-refractivity contribution in [2.24, 2.45) is 5.73 Å². The lowest BCUT2D eigenvalue weighted by Crippen LogP contribution is -2.45. The molecule has 0 radical (unpaired) electrons. The molecule has 1 unspecified atom stereocenters. The highest BCUT2D eigenvalue weighted by Gasteiger charge is 2.26. The Morgan fingerprint density at radius 3 is 2.40 bits per heavy atom. The second kappa shape index (κ2) is 9.85. The van der Waals surface area contributed by atoms with Gasteiger partial charge in [-0.3, -0.25) is 0 Å². The Balaban J connectivity index is 2.22. The van der Waals surface area contributed by atoms with Gasteiger partial charge in [-0.25, -0.2) is 0 Å². The van der Waals surface area contributed by atoms with E-state index in [1.165, 1.54) is 0 Å². The molecule has 0 aliphatic heterocycles. The Morgan fingerprint density at radius 2 is 1.75 bits per heavy atom. The Bertz CT molecular complexity index is 347. The minimum absolute atomic E-state index is 0.151. The fraction of sp³-hybridized carbons (Fsp3) is 0.600. The molecule has 0 aromatic heterocycles. The molecule has 1 aromatic rings. The minimum atomic E-state index is -0.849. The zero-order chi connectivity index (χ0) is 14.7. The van der Waals surface area contributed by atoms with E-state index in [0.29, 0.717) is 26.4 Å². The smallest absolute Gasteiger partial charge is 0.0881 e. The van der Waals surface area contributed by atoms with Gasteiger partial charge in [-0.2, -0.15) is 0 Å². The predicted molar refractivity (Wildman–Crippen MR) is 77.5 cm³/mol. The van der Waals surface area contributed by atoms with E-state index in [-0.39, 0.29) is 13.2 Å². The van der Waals surface area contributed by atoms with Crippen LogP contribution in [0.2, 0.25) is 0 Å². The summed E-state index contributed by atoms with van der Waals surface area (Å²) in [7, 11) is 1.64. The lowest BCUT2D eigenvalue weighted by atomic mass is 9.93. The van der Waals surface area contributed by atoms with Crippen LogP contribution in [-0.2, 0) is 19.7 Å². The van der Waals surface area contributed by atoms with Crippen LogP contribution in [0, 0.1) is 0 Å². The van der Waals surface area contributed by atoms with E-state index in [9.17, 15) is 5.11 Å². The summed E-state index contributed by atoms with van der Waals surface area (Å²) < 4.78 is 15.8. The maximum absolute atomic E-state index is 9.49. The molecule has 0 saturated heterocycles. The van der Waals surface area contributed by atoms with Crippen LogP contribution in [0.3, 0.4) is 0 Å². The molecule has 5 heteroatoms. The summed E-state index contributed by atoms with van der Waals surface area (Å²) in [5.41, 5.74) is 6.20. The van der Waals surface area contributed by atoms with Crippen LogP contribution in [-0.4, -0.2) is 51.9 Å². The SMILES string of the molecule is COCCOCCCOCC(N)(CO)c1ccccc1. The van der Waals surface area contributed by atoms with Crippen LogP contribution in [0.25, 0.3) is 0 Å². The van der Waals surface area contributed by atoms with Gasteiger partial charge in [-0.05, 0) is 12.0 Å². The van der Waals surface area contributed by atoms with Crippen LogP contribution < -0.4 is 5.73 Å². The lowest BCUT2D eigenvalue weighted by molar-refractivity contribution is 0.0284. The Labute approximate surface area is 120 Å². The largest absolute Gasteiger partial charge is 0.394 e. The molecule has 0 bridgehead atoms. The van der Waals surface area contributed by atoms with Crippen molar-refractivity contribution < 1.29 is 19.3 Å². The third-order valence-electron chi connectivity index (χ3n) is 3.00. The van der Waals surface area contributed by atoms with Crippen LogP contribution >= 0.6 is 0 Å². The number of nitrogens with two attached hydrogens (primary N) is 1. The molecule has 3 N–H and O–H groups in total. The first-order valence-electron chi connectivity index (χ1n) is 6.82. The second-order valence-electron chi connectivity index (χ2n) is 4.69. The molecular weight excluding hydrogens is 258 g/mol. The summed E-state index contributed by atoms with van der Waals surface area (Å²) in [5.74, 6) is 0. The van der Waals surface area contributed by atoms with E-state index in [4.69, 9.17) is 19.9 Å². The lowest BCUT2D eigenvalue weighted by Gasteiger charge is -2.27. The van der Waals surface area contributed by atoms with Gasteiger partial charge in [-0.15, -0.1) is 0 Å². The van der Waals surface area contributed by atoms with Crippen molar-refractivity contribution in [3.05, 3.63) is 35.9 Å². The standard InChI is InChI=1S/C15H25NO4/c1-18-10-11-19-8-5-9-20-13-15(16,12-17)14-6-3-2-4-7-14/h2-4,6-7,17H,5,8-13,16H2,1H3. The number of hydrogen-bond acceptors (Lipinski definition) is 5. The molecule has 0 aliphatic carbocycles. The molecule has 1 atom stereocenters. The molecular formula is C15H25NO4. The fourth-order valence-corrected chi connectivity index (χ4v) is 1.75. The van der Waals surface area contributed by atoms with E-state index in [0.717, 1.165) is 12.0 Å². The summed E-state index contributed by atoms with van der Waals surface area (Å²) in [5, 5.41) is 9.49. The summed E-state index contributed by atoms with van der Waals surface area (Å²) in [6, 6.07) is 9.51. The number of methoxy groups -OCH3 is 1. The molecule has 114 valence electrons. The molecule has 0 aliphatic rings. The van der Waals surface area contributed by atoms with E-state index < -0.39 is 5.54 Å². The minimum Gasteiger partial charge on any atom is -0.394 e. The molecule has 0 heterocycles. The molecule has 0 fully saturated rings. The summed E-state index contributed by atoms with van der Waals surface area (Å²) in [4.78, 5) is 0. The van der Waals surface area contributed by atoms with Gasteiger partial charge in [0.05, 0.1) is 32.0 Å². The molecule has 1 rings (SSSR count). The first-order valence-corrected chi connectivity index (χ1v) is 6.82. The normalized spacial score (nSPS) is 14.2. The van der Waals surface area contributed by atoms with Gasteiger partial charge in [0.15, 0.2) is 0 Å². The van der Waals surface area contributed by atoms with Gasteiger partial charge < -0.3 is 25.1 Å². The predicted octanol–water partition coefficient (Wildman–Crippen LogP) is 0.903. The Kier molecular flexibility index (Phi) is 8.41. The molecule has 5 nitrogen and oxygen atoms in total. The zero-order valence-electron chi connectivity index (χ0n) is 12.1. The average molecular weight is 283 g/mol. The fourth-order valence-electron chi connectivity index (χ4n) is 1.75. The summed E-state index contributed by atoms with van der Waals surface area (Å²) in [6.45, 7) is 2.51. The first kappa shape index (κ1) is 17.1. The highest BCUT2D eigenvalue weighted by Crippen LogP contribution is 2.17. The number of aliphatic hydroxyl groups excluding tert-OH is 1. The highest BCUT2D eigenvalue weighted by atomic mass is 16.5. The number of ether oxygens (including phenoxy) is 3. The van der Waals surface area contributed by atoms with E-state index >= 15 is 0 Å². The van der Waals surface area contributed by atoms with Crippen molar-refractivity contribution in [2.45, 2.75) is 12.0 Å².